The van der Waals surface area contributed by atoms with Gasteiger partial charge in [0, 0.05) is 17.8 Å². The summed E-state index contributed by atoms with van der Waals surface area (Å²) in [6.45, 7) is 2.22. The normalized spacial score (nSPS) is 18.0. The predicted molar refractivity (Wildman–Crippen MR) is 76.0 cm³/mol. The van der Waals surface area contributed by atoms with Gasteiger partial charge in [0.2, 0.25) is 0 Å². The van der Waals surface area contributed by atoms with E-state index in [0.717, 1.165) is 31.2 Å². The maximum absolute atomic E-state index is 12.0. The van der Waals surface area contributed by atoms with Crippen molar-refractivity contribution in [2.75, 3.05) is 12.3 Å². The van der Waals surface area contributed by atoms with Crippen molar-refractivity contribution in [2.24, 2.45) is 0 Å². The Hall–Kier alpha value is -1.55. The molecule has 0 heterocycles. The van der Waals surface area contributed by atoms with Gasteiger partial charge < -0.3 is 16.2 Å². The van der Waals surface area contributed by atoms with Gasteiger partial charge in [-0.3, -0.25) is 4.79 Å². The van der Waals surface area contributed by atoms with Crippen LogP contribution >= 0.6 is 0 Å². The van der Waals surface area contributed by atoms with Crippen LogP contribution in [0.1, 0.15) is 48.0 Å². The molecule has 1 amide bonds. The Kier molecular flexibility index (Phi) is 4.10. The molecule has 19 heavy (non-hydrogen) atoms. The van der Waals surface area contributed by atoms with Crippen molar-refractivity contribution in [3.05, 3.63) is 29.3 Å². The Morgan fingerprint density at radius 2 is 2.05 bits per heavy atom. The molecule has 0 aliphatic heterocycles. The lowest BCUT2D eigenvalue weighted by atomic mass is 9.85. The van der Waals surface area contributed by atoms with Crippen molar-refractivity contribution in [1.29, 1.82) is 0 Å². The zero-order chi connectivity index (χ0) is 13.9. The first-order valence-electron chi connectivity index (χ1n) is 6.87. The molecule has 1 aliphatic carbocycles. The number of anilines is 1. The van der Waals surface area contributed by atoms with Crippen LogP contribution in [0.5, 0.6) is 0 Å². The molecule has 1 aromatic rings. The summed E-state index contributed by atoms with van der Waals surface area (Å²) in [7, 11) is 0. The van der Waals surface area contributed by atoms with Crippen LogP contribution in [0.3, 0.4) is 0 Å². The quantitative estimate of drug-likeness (QED) is 0.729. The van der Waals surface area contributed by atoms with Gasteiger partial charge in [0.05, 0.1) is 5.60 Å². The predicted octanol–water partition coefficient (Wildman–Crippen LogP) is 2.00. The largest absolute Gasteiger partial charge is 0.398 e. The molecular formula is C15H22N2O2. The molecular weight excluding hydrogens is 240 g/mol. The molecule has 0 radical (unpaired) electrons. The molecule has 1 aliphatic rings. The van der Waals surface area contributed by atoms with E-state index < -0.39 is 5.60 Å². The second-order valence-corrected chi connectivity index (χ2v) is 5.54. The van der Waals surface area contributed by atoms with Gasteiger partial charge in [0.15, 0.2) is 0 Å². The van der Waals surface area contributed by atoms with E-state index in [1.165, 1.54) is 6.42 Å². The smallest absolute Gasteiger partial charge is 0.251 e. The highest BCUT2D eigenvalue weighted by Crippen LogP contribution is 2.27. The molecule has 1 fully saturated rings. The fourth-order valence-corrected chi connectivity index (χ4v) is 2.52. The Morgan fingerprint density at radius 1 is 1.37 bits per heavy atom. The molecule has 1 saturated carbocycles. The minimum absolute atomic E-state index is 0.175. The number of nitrogens with two attached hydrogens (primary N) is 1. The first-order chi connectivity index (χ1) is 9.00. The molecule has 4 nitrogen and oxygen atoms in total. The van der Waals surface area contributed by atoms with Gasteiger partial charge in [-0.15, -0.1) is 0 Å². The molecule has 1 aromatic carbocycles. The second-order valence-electron chi connectivity index (χ2n) is 5.54. The summed E-state index contributed by atoms with van der Waals surface area (Å²) in [4.78, 5) is 12.0. The lowest BCUT2D eigenvalue weighted by Crippen LogP contribution is -2.44. The van der Waals surface area contributed by atoms with Gasteiger partial charge >= 0.3 is 0 Å². The van der Waals surface area contributed by atoms with Crippen molar-refractivity contribution >= 4 is 11.6 Å². The van der Waals surface area contributed by atoms with Gasteiger partial charge in [-0.25, -0.2) is 0 Å². The first kappa shape index (κ1) is 13.9. The molecule has 0 unspecified atom stereocenters. The van der Waals surface area contributed by atoms with E-state index >= 15 is 0 Å². The van der Waals surface area contributed by atoms with Crippen molar-refractivity contribution in [3.63, 3.8) is 0 Å². The Labute approximate surface area is 114 Å². The molecule has 104 valence electrons. The molecule has 0 atom stereocenters. The number of amides is 1. The average molecular weight is 262 g/mol. The van der Waals surface area contributed by atoms with Crippen LogP contribution in [0, 0.1) is 6.92 Å². The molecule has 0 spiro atoms. The van der Waals surface area contributed by atoms with Crippen molar-refractivity contribution in [1.82, 2.24) is 5.32 Å². The highest BCUT2D eigenvalue weighted by molar-refractivity contribution is 5.95. The first-order valence-corrected chi connectivity index (χ1v) is 6.87. The van der Waals surface area contributed by atoms with E-state index in [4.69, 9.17) is 5.73 Å². The van der Waals surface area contributed by atoms with E-state index in [0.29, 0.717) is 17.8 Å². The van der Waals surface area contributed by atoms with Crippen LogP contribution in [0.15, 0.2) is 18.2 Å². The fraction of sp³-hybridized carbons (Fsp3) is 0.533. The van der Waals surface area contributed by atoms with E-state index in [1.807, 2.05) is 13.0 Å². The number of benzene rings is 1. The average Bonchev–Trinajstić information content (AvgIpc) is 2.40. The second kappa shape index (κ2) is 5.61. The number of hydrogen-bond acceptors (Lipinski definition) is 3. The zero-order valence-corrected chi connectivity index (χ0v) is 11.4. The van der Waals surface area contributed by atoms with E-state index in [2.05, 4.69) is 5.32 Å². The third kappa shape index (κ3) is 3.47. The number of carbonyl (C=O) groups is 1. The fourth-order valence-electron chi connectivity index (χ4n) is 2.52. The minimum atomic E-state index is -0.732. The SMILES string of the molecule is Cc1ccc(C(=O)NCC2(O)CCCCC2)cc1N. The number of aliphatic hydroxyl groups is 1. The summed E-state index contributed by atoms with van der Waals surface area (Å²) >= 11 is 0. The van der Waals surface area contributed by atoms with E-state index in [1.54, 1.807) is 12.1 Å². The number of nitrogens with one attached hydrogen (secondary N) is 1. The molecule has 2 rings (SSSR count). The van der Waals surface area contributed by atoms with Crippen LogP contribution in [0.25, 0.3) is 0 Å². The third-order valence-electron chi connectivity index (χ3n) is 3.90. The summed E-state index contributed by atoms with van der Waals surface area (Å²) in [6, 6.07) is 5.26. The molecule has 0 aromatic heterocycles. The maximum Gasteiger partial charge on any atom is 0.251 e. The number of nitrogen functional groups attached to an aromatic ring is 1. The van der Waals surface area contributed by atoms with Gasteiger partial charge in [-0.2, -0.15) is 0 Å². The van der Waals surface area contributed by atoms with Crippen molar-refractivity contribution < 1.29 is 9.90 Å². The van der Waals surface area contributed by atoms with Crippen LogP contribution in [0.4, 0.5) is 5.69 Å². The highest BCUT2D eigenvalue weighted by Gasteiger charge is 2.29. The molecule has 4 heteroatoms. The monoisotopic (exact) mass is 262 g/mol. The van der Waals surface area contributed by atoms with E-state index in [-0.39, 0.29) is 5.91 Å². The van der Waals surface area contributed by atoms with Crippen LogP contribution < -0.4 is 11.1 Å². The lowest BCUT2D eigenvalue weighted by Gasteiger charge is -2.32. The zero-order valence-electron chi connectivity index (χ0n) is 11.4. The lowest BCUT2D eigenvalue weighted by molar-refractivity contribution is 0.00526. The van der Waals surface area contributed by atoms with Crippen LogP contribution in [-0.4, -0.2) is 23.2 Å². The van der Waals surface area contributed by atoms with Gasteiger partial charge in [-0.05, 0) is 37.5 Å². The minimum Gasteiger partial charge on any atom is -0.398 e. The molecule has 0 saturated heterocycles. The Balaban J connectivity index is 1.95. The molecule has 0 bridgehead atoms. The van der Waals surface area contributed by atoms with Crippen molar-refractivity contribution in [2.45, 2.75) is 44.6 Å². The van der Waals surface area contributed by atoms with Gasteiger partial charge in [0.1, 0.15) is 0 Å². The number of hydrogen-bond donors (Lipinski definition) is 3. The van der Waals surface area contributed by atoms with Gasteiger partial charge in [-0.1, -0.05) is 25.3 Å². The number of aryl methyl sites for hydroxylation is 1. The summed E-state index contributed by atoms with van der Waals surface area (Å²) in [5, 5.41) is 13.1. The van der Waals surface area contributed by atoms with Crippen molar-refractivity contribution in [3.8, 4) is 0 Å². The van der Waals surface area contributed by atoms with Crippen LogP contribution in [0.2, 0.25) is 0 Å². The van der Waals surface area contributed by atoms with Crippen LogP contribution in [-0.2, 0) is 0 Å². The Bertz CT molecular complexity index is 465. The molecule has 4 N–H and O–H groups in total. The third-order valence-corrected chi connectivity index (χ3v) is 3.90. The number of rotatable bonds is 3. The Morgan fingerprint density at radius 3 is 2.68 bits per heavy atom. The summed E-state index contributed by atoms with van der Waals surface area (Å²) in [6.07, 6.45) is 4.77. The summed E-state index contributed by atoms with van der Waals surface area (Å²) in [5.74, 6) is -0.175. The number of carbonyl (C=O) groups excluding carboxylic acids is 1. The standard InChI is InChI=1S/C15H22N2O2/c1-11-5-6-12(9-13(11)16)14(18)17-10-15(19)7-3-2-4-8-15/h5-6,9,19H,2-4,7-8,10,16H2,1H3,(H,17,18). The topological polar surface area (TPSA) is 75.3 Å². The summed E-state index contributed by atoms with van der Waals surface area (Å²) < 4.78 is 0. The highest BCUT2D eigenvalue weighted by atomic mass is 16.3. The van der Waals surface area contributed by atoms with Gasteiger partial charge in [0.25, 0.3) is 5.91 Å². The van der Waals surface area contributed by atoms with E-state index in [9.17, 15) is 9.90 Å². The maximum atomic E-state index is 12.0. The summed E-state index contributed by atoms with van der Waals surface area (Å²) in [5.41, 5.74) is 7.18.